The van der Waals surface area contributed by atoms with Crippen LogP contribution in [0.3, 0.4) is 0 Å². The number of ether oxygens (including phenoxy) is 1. The fraction of sp³-hybridized carbons (Fsp3) is 0.833. The van der Waals surface area contributed by atoms with E-state index in [1.165, 1.54) is 0 Å². The van der Waals surface area contributed by atoms with Crippen molar-refractivity contribution in [3.05, 3.63) is 0 Å². The SMILES string of the molecule is CC(NC(=O)C1CCOC1)C(=O)NC(C)(C)C. The summed E-state index contributed by atoms with van der Waals surface area (Å²) >= 11 is 0. The van der Waals surface area contributed by atoms with Gasteiger partial charge in [0.15, 0.2) is 0 Å². The Morgan fingerprint density at radius 2 is 2.00 bits per heavy atom. The monoisotopic (exact) mass is 242 g/mol. The molecule has 0 bridgehead atoms. The Morgan fingerprint density at radius 3 is 2.47 bits per heavy atom. The van der Waals surface area contributed by atoms with E-state index in [1.807, 2.05) is 20.8 Å². The van der Waals surface area contributed by atoms with Crippen LogP contribution in [0.4, 0.5) is 0 Å². The van der Waals surface area contributed by atoms with Crippen LogP contribution in [0.25, 0.3) is 0 Å². The molecule has 1 aliphatic rings. The zero-order valence-electron chi connectivity index (χ0n) is 11.0. The van der Waals surface area contributed by atoms with Crippen molar-refractivity contribution in [1.82, 2.24) is 10.6 Å². The van der Waals surface area contributed by atoms with Gasteiger partial charge in [-0.1, -0.05) is 0 Å². The molecule has 1 fully saturated rings. The second-order valence-electron chi connectivity index (χ2n) is 5.53. The van der Waals surface area contributed by atoms with Gasteiger partial charge < -0.3 is 15.4 Å². The molecule has 0 aromatic heterocycles. The molecule has 0 radical (unpaired) electrons. The van der Waals surface area contributed by atoms with Crippen LogP contribution in [-0.2, 0) is 14.3 Å². The number of amides is 2. The van der Waals surface area contributed by atoms with Crippen LogP contribution < -0.4 is 10.6 Å². The number of hydrogen-bond acceptors (Lipinski definition) is 3. The van der Waals surface area contributed by atoms with E-state index in [9.17, 15) is 9.59 Å². The second kappa shape index (κ2) is 5.49. The van der Waals surface area contributed by atoms with Gasteiger partial charge in [-0.05, 0) is 34.1 Å². The lowest BCUT2D eigenvalue weighted by atomic mass is 10.1. The van der Waals surface area contributed by atoms with Crippen LogP contribution in [0.2, 0.25) is 0 Å². The minimum atomic E-state index is -0.512. The second-order valence-corrected chi connectivity index (χ2v) is 5.53. The molecule has 1 aliphatic heterocycles. The van der Waals surface area contributed by atoms with Crippen LogP contribution in [-0.4, -0.2) is 36.6 Å². The van der Waals surface area contributed by atoms with Crippen molar-refractivity contribution in [3.8, 4) is 0 Å². The number of rotatable bonds is 3. The minimum Gasteiger partial charge on any atom is -0.381 e. The maximum Gasteiger partial charge on any atom is 0.242 e. The Balaban J connectivity index is 2.40. The van der Waals surface area contributed by atoms with E-state index >= 15 is 0 Å². The van der Waals surface area contributed by atoms with Gasteiger partial charge in [0.1, 0.15) is 6.04 Å². The molecule has 1 rings (SSSR count). The lowest BCUT2D eigenvalue weighted by Gasteiger charge is -2.24. The number of hydrogen-bond donors (Lipinski definition) is 2. The van der Waals surface area contributed by atoms with Crippen molar-refractivity contribution < 1.29 is 14.3 Å². The summed E-state index contributed by atoms with van der Waals surface area (Å²) in [5, 5.41) is 5.54. The van der Waals surface area contributed by atoms with E-state index in [0.29, 0.717) is 13.2 Å². The van der Waals surface area contributed by atoms with Gasteiger partial charge in [-0.15, -0.1) is 0 Å². The van der Waals surface area contributed by atoms with Gasteiger partial charge in [0.2, 0.25) is 11.8 Å². The van der Waals surface area contributed by atoms with E-state index in [0.717, 1.165) is 6.42 Å². The normalized spacial score (nSPS) is 22.0. The Morgan fingerprint density at radius 1 is 1.35 bits per heavy atom. The van der Waals surface area contributed by atoms with Crippen molar-refractivity contribution in [1.29, 1.82) is 0 Å². The highest BCUT2D eigenvalue weighted by Gasteiger charge is 2.27. The fourth-order valence-electron chi connectivity index (χ4n) is 1.62. The van der Waals surface area contributed by atoms with Crippen molar-refractivity contribution >= 4 is 11.8 Å². The van der Waals surface area contributed by atoms with Crippen molar-refractivity contribution in [2.24, 2.45) is 5.92 Å². The van der Waals surface area contributed by atoms with E-state index in [2.05, 4.69) is 10.6 Å². The van der Waals surface area contributed by atoms with E-state index < -0.39 is 6.04 Å². The van der Waals surface area contributed by atoms with Crippen molar-refractivity contribution in [3.63, 3.8) is 0 Å². The highest BCUT2D eigenvalue weighted by molar-refractivity contribution is 5.88. The Hall–Kier alpha value is -1.10. The van der Waals surface area contributed by atoms with E-state index in [4.69, 9.17) is 4.74 Å². The van der Waals surface area contributed by atoms with Gasteiger partial charge in [-0.25, -0.2) is 0 Å². The molecule has 2 unspecified atom stereocenters. The van der Waals surface area contributed by atoms with Gasteiger partial charge in [0.05, 0.1) is 12.5 Å². The first-order valence-electron chi connectivity index (χ1n) is 6.00. The third-order valence-corrected chi connectivity index (χ3v) is 2.55. The first kappa shape index (κ1) is 14.0. The summed E-state index contributed by atoms with van der Waals surface area (Å²) in [6, 6.07) is -0.512. The van der Waals surface area contributed by atoms with Crippen molar-refractivity contribution in [2.45, 2.75) is 45.7 Å². The largest absolute Gasteiger partial charge is 0.381 e. The number of carbonyl (C=O) groups excluding carboxylic acids is 2. The first-order valence-corrected chi connectivity index (χ1v) is 6.00. The third kappa shape index (κ3) is 4.73. The molecule has 0 saturated carbocycles. The zero-order chi connectivity index (χ0) is 13.1. The van der Waals surface area contributed by atoms with Crippen LogP contribution in [0, 0.1) is 5.92 Å². The van der Waals surface area contributed by atoms with Crippen LogP contribution in [0.15, 0.2) is 0 Å². The molecule has 5 heteroatoms. The van der Waals surface area contributed by atoms with Gasteiger partial charge in [-0.3, -0.25) is 9.59 Å². The fourth-order valence-corrected chi connectivity index (χ4v) is 1.62. The number of nitrogens with one attached hydrogen (secondary N) is 2. The molecule has 0 aromatic rings. The lowest BCUT2D eigenvalue weighted by molar-refractivity contribution is -0.131. The summed E-state index contributed by atoms with van der Waals surface area (Å²) in [6.45, 7) is 8.49. The molecule has 2 atom stereocenters. The number of carbonyl (C=O) groups is 2. The highest BCUT2D eigenvalue weighted by atomic mass is 16.5. The smallest absolute Gasteiger partial charge is 0.242 e. The first-order chi connectivity index (χ1) is 7.79. The van der Waals surface area contributed by atoms with Crippen LogP contribution in [0.1, 0.15) is 34.1 Å². The maximum atomic E-state index is 11.8. The van der Waals surface area contributed by atoms with E-state index in [1.54, 1.807) is 6.92 Å². The zero-order valence-corrected chi connectivity index (χ0v) is 11.0. The molecule has 0 aliphatic carbocycles. The highest BCUT2D eigenvalue weighted by Crippen LogP contribution is 2.12. The third-order valence-electron chi connectivity index (χ3n) is 2.55. The molecule has 2 amide bonds. The Kier molecular flexibility index (Phi) is 4.51. The molecule has 98 valence electrons. The molecule has 1 saturated heterocycles. The van der Waals surface area contributed by atoms with Gasteiger partial charge in [0.25, 0.3) is 0 Å². The van der Waals surface area contributed by atoms with Gasteiger partial charge in [-0.2, -0.15) is 0 Å². The molecule has 0 aromatic carbocycles. The molecular weight excluding hydrogens is 220 g/mol. The summed E-state index contributed by atoms with van der Waals surface area (Å²) in [4.78, 5) is 23.5. The maximum absolute atomic E-state index is 11.8. The van der Waals surface area contributed by atoms with Crippen molar-refractivity contribution in [2.75, 3.05) is 13.2 Å². The Labute approximate surface area is 102 Å². The summed E-state index contributed by atoms with van der Waals surface area (Å²) in [7, 11) is 0. The van der Waals surface area contributed by atoms with Gasteiger partial charge in [0, 0.05) is 12.1 Å². The molecule has 2 N–H and O–H groups in total. The van der Waals surface area contributed by atoms with Crippen LogP contribution >= 0.6 is 0 Å². The standard InChI is InChI=1S/C12H22N2O3/c1-8(10(15)14-12(2,3)4)13-11(16)9-5-6-17-7-9/h8-9H,5-7H2,1-4H3,(H,13,16)(H,14,15). The molecule has 17 heavy (non-hydrogen) atoms. The lowest BCUT2D eigenvalue weighted by Crippen LogP contribution is -2.51. The minimum absolute atomic E-state index is 0.0981. The summed E-state index contributed by atoms with van der Waals surface area (Å²) in [6.07, 6.45) is 0.736. The quantitative estimate of drug-likeness (QED) is 0.754. The summed E-state index contributed by atoms with van der Waals surface area (Å²) in [5.41, 5.74) is -0.285. The molecule has 1 heterocycles. The van der Waals surface area contributed by atoms with Crippen LogP contribution in [0.5, 0.6) is 0 Å². The average molecular weight is 242 g/mol. The molecule has 5 nitrogen and oxygen atoms in total. The molecular formula is C12H22N2O3. The van der Waals surface area contributed by atoms with E-state index in [-0.39, 0.29) is 23.3 Å². The predicted octanol–water partition coefficient (Wildman–Crippen LogP) is 0.442. The Bertz CT molecular complexity index is 291. The molecule has 0 spiro atoms. The predicted molar refractivity (Wildman–Crippen MR) is 64.4 cm³/mol. The topological polar surface area (TPSA) is 67.4 Å². The van der Waals surface area contributed by atoms with Gasteiger partial charge >= 0.3 is 0 Å². The summed E-state index contributed by atoms with van der Waals surface area (Å²) < 4.78 is 5.14. The summed E-state index contributed by atoms with van der Waals surface area (Å²) in [5.74, 6) is -0.372. The average Bonchev–Trinajstić information content (AvgIpc) is 2.67.